The number of rotatable bonds is 5. The van der Waals surface area contributed by atoms with Gasteiger partial charge in [0, 0.05) is 11.8 Å². The number of benzene rings is 3. The molecule has 0 saturated heterocycles. The molecule has 5 rings (SSSR count). The smallest absolute Gasteiger partial charge is 0.183 e. The molecule has 1 N–H and O–H groups in total. The number of hydrogen-bond donors (Lipinski definition) is 1. The van der Waals surface area contributed by atoms with E-state index in [0.717, 1.165) is 22.9 Å². The van der Waals surface area contributed by atoms with Gasteiger partial charge in [-0.15, -0.1) is 0 Å². The van der Waals surface area contributed by atoms with Crippen LogP contribution in [0.3, 0.4) is 0 Å². The zero-order valence-corrected chi connectivity index (χ0v) is 17.3. The predicted molar refractivity (Wildman–Crippen MR) is 123 cm³/mol. The number of anilines is 1. The van der Waals surface area contributed by atoms with Gasteiger partial charge >= 0.3 is 0 Å². The van der Waals surface area contributed by atoms with Gasteiger partial charge in [0.15, 0.2) is 10.8 Å². The third kappa shape index (κ3) is 4.49. The molecular weight excluding hydrogens is 408 g/mol. The van der Waals surface area contributed by atoms with E-state index in [9.17, 15) is 4.79 Å². The quantitative estimate of drug-likeness (QED) is 0.371. The first-order valence-corrected chi connectivity index (χ1v) is 10.6. The first kappa shape index (κ1) is 19.1. The highest BCUT2D eigenvalue weighted by atomic mass is 32.1. The lowest BCUT2D eigenvalue weighted by atomic mass is 10.1. The number of fused-ring (bicyclic) bond motifs is 1. The third-order valence-electron chi connectivity index (χ3n) is 4.64. The summed E-state index contributed by atoms with van der Waals surface area (Å²) in [5.74, 6) is 2.89. The normalized spacial score (nSPS) is 12.6. The van der Waals surface area contributed by atoms with Crippen LogP contribution in [-0.4, -0.2) is 11.6 Å². The monoisotopic (exact) mass is 426 g/mol. The fraction of sp³-hybridized carbons (Fsp3) is 0.0400. The summed E-state index contributed by atoms with van der Waals surface area (Å²) >= 11 is 1.36. The number of carbonyl (C=O) groups excluding carboxylic acids is 1. The summed E-state index contributed by atoms with van der Waals surface area (Å²) in [6.45, 7) is 0. The van der Waals surface area contributed by atoms with Gasteiger partial charge in [-0.1, -0.05) is 47.7 Å². The summed E-state index contributed by atoms with van der Waals surface area (Å²) in [5, 5.41) is 4.55. The van der Waals surface area contributed by atoms with E-state index in [2.05, 4.69) is 10.3 Å². The van der Waals surface area contributed by atoms with Crippen molar-refractivity contribution in [2.24, 2.45) is 4.99 Å². The van der Waals surface area contributed by atoms with E-state index in [4.69, 9.17) is 9.47 Å². The number of aliphatic imine (C=N–C) groups is 1. The lowest BCUT2D eigenvalue weighted by molar-refractivity contribution is 0.1000. The Kier molecular flexibility index (Phi) is 5.21. The average Bonchev–Trinajstić information content (AvgIpc) is 3.19. The minimum absolute atomic E-state index is 0.0238. The fourth-order valence-electron chi connectivity index (χ4n) is 3.18. The van der Waals surface area contributed by atoms with Gasteiger partial charge in [-0.05, 0) is 48.5 Å². The highest BCUT2D eigenvalue weighted by molar-refractivity contribution is 7.18. The number of para-hydroxylation sites is 2. The molecule has 152 valence electrons. The van der Waals surface area contributed by atoms with Gasteiger partial charge in [0.2, 0.25) is 0 Å². The zero-order valence-electron chi connectivity index (χ0n) is 16.4. The molecule has 2 heterocycles. The third-order valence-corrected chi connectivity index (χ3v) is 5.55. The molecule has 0 saturated carbocycles. The summed E-state index contributed by atoms with van der Waals surface area (Å²) in [4.78, 5) is 17.3. The molecule has 0 amide bonds. The maximum absolute atomic E-state index is 12.6. The van der Waals surface area contributed by atoms with Crippen LogP contribution >= 0.6 is 11.3 Å². The molecule has 0 bridgehead atoms. The number of nitrogens with zero attached hydrogens (tertiary/aromatic N) is 1. The topological polar surface area (TPSA) is 59.9 Å². The van der Waals surface area contributed by atoms with Crippen molar-refractivity contribution in [1.82, 2.24) is 0 Å². The van der Waals surface area contributed by atoms with Crippen LogP contribution in [0.1, 0.15) is 16.8 Å². The van der Waals surface area contributed by atoms with Gasteiger partial charge in [-0.2, -0.15) is 0 Å². The van der Waals surface area contributed by atoms with Crippen LogP contribution in [0.5, 0.6) is 22.3 Å². The van der Waals surface area contributed by atoms with Crippen molar-refractivity contribution in [1.29, 1.82) is 0 Å². The van der Waals surface area contributed by atoms with Crippen LogP contribution in [-0.2, 0) is 0 Å². The summed E-state index contributed by atoms with van der Waals surface area (Å²) in [5.41, 5.74) is 1.45. The number of nitrogens with one attached hydrogen (secondary N) is 1. The molecule has 0 atom stereocenters. The number of ketones is 1. The molecule has 4 aromatic rings. The van der Waals surface area contributed by atoms with E-state index in [1.807, 2.05) is 84.9 Å². The second kappa shape index (κ2) is 8.45. The Hall–Kier alpha value is -3.90. The Morgan fingerprint density at radius 3 is 2.06 bits per heavy atom. The van der Waals surface area contributed by atoms with Crippen molar-refractivity contribution in [3.05, 3.63) is 96.6 Å². The molecule has 0 unspecified atom stereocenters. The molecule has 0 spiro atoms. The average molecular weight is 426 g/mol. The van der Waals surface area contributed by atoms with Crippen molar-refractivity contribution in [3.8, 4) is 22.3 Å². The van der Waals surface area contributed by atoms with E-state index >= 15 is 0 Å². The summed E-state index contributed by atoms with van der Waals surface area (Å²) < 4.78 is 11.7. The van der Waals surface area contributed by atoms with Gasteiger partial charge in [0.1, 0.15) is 28.1 Å². The molecule has 1 aliphatic heterocycles. The second-order valence-corrected chi connectivity index (χ2v) is 7.92. The Morgan fingerprint density at radius 1 is 0.774 bits per heavy atom. The fourth-order valence-corrected chi connectivity index (χ4v) is 4.12. The van der Waals surface area contributed by atoms with Crippen molar-refractivity contribution >= 4 is 33.6 Å². The van der Waals surface area contributed by atoms with Gasteiger partial charge in [-0.3, -0.25) is 4.79 Å². The minimum Gasteiger partial charge on any atom is -0.457 e. The first-order chi connectivity index (χ1) is 15.2. The minimum atomic E-state index is 0.0238. The standard InChI is InChI=1S/C25H18N2O3S/c28-22-16-23(26-17-11-13-20(14-12-17)29-18-7-3-1-4-8-18)27-25-21(22)15-24(31-25)30-19-9-5-2-6-10-19/h1-15H,16H2,(H,26,27). The Labute approximate surface area is 183 Å². The molecule has 0 radical (unpaired) electrons. The molecule has 31 heavy (non-hydrogen) atoms. The molecule has 6 heteroatoms. The lowest BCUT2D eigenvalue weighted by Crippen LogP contribution is -2.19. The molecule has 1 aliphatic rings. The van der Waals surface area contributed by atoms with Gasteiger partial charge in [0.25, 0.3) is 0 Å². The maximum atomic E-state index is 12.6. The molecule has 0 fully saturated rings. The van der Waals surface area contributed by atoms with E-state index in [1.54, 1.807) is 6.07 Å². The number of Topliss-reactive ketones (excluding diaryl/α,β-unsaturated/α-hetero) is 1. The van der Waals surface area contributed by atoms with E-state index in [1.165, 1.54) is 11.3 Å². The van der Waals surface area contributed by atoms with Crippen molar-refractivity contribution in [2.45, 2.75) is 6.42 Å². The number of ether oxygens (including phenoxy) is 2. The summed E-state index contributed by atoms with van der Waals surface area (Å²) in [6.07, 6.45) is 0.219. The lowest BCUT2D eigenvalue weighted by Gasteiger charge is -2.14. The highest BCUT2D eigenvalue weighted by Crippen LogP contribution is 2.41. The van der Waals surface area contributed by atoms with Gasteiger partial charge in [-0.25, -0.2) is 4.99 Å². The SMILES string of the molecule is O=C1CC(Nc2ccc(Oc3ccccc3)cc2)=Nc2sc(Oc3ccccc3)cc21. The molecule has 0 aliphatic carbocycles. The second-order valence-electron chi connectivity index (χ2n) is 6.92. The van der Waals surface area contributed by atoms with Crippen LogP contribution in [0.4, 0.5) is 10.7 Å². The van der Waals surface area contributed by atoms with Crippen molar-refractivity contribution < 1.29 is 14.3 Å². The van der Waals surface area contributed by atoms with Crippen LogP contribution in [0.2, 0.25) is 0 Å². The molecule has 1 aromatic heterocycles. The molecule has 5 nitrogen and oxygen atoms in total. The Morgan fingerprint density at radius 2 is 1.39 bits per heavy atom. The Balaban J connectivity index is 1.29. The summed E-state index contributed by atoms with van der Waals surface area (Å²) in [7, 11) is 0. The summed E-state index contributed by atoms with van der Waals surface area (Å²) in [6, 6.07) is 28.4. The first-order valence-electron chi connectivity index (χ1n) is 9.80. The molecule has 3 aromatic carbocycles. The van der Waals surface area contributed by atoms with E-state index in [0.29, 0.717) is 21.5 Å². The number of thiophene rings is 1. The van der Waals surface area contributed by atoms with Crippen LogP contribution in [0.25, 0.3) is 0 Å². The van der Waals surface area contributed by atoms with Crippen molar-refractivity contribution in [2.75, 3.05) is 5.32 Å². The predicted octanol–water partition coefficient (Wildman–Crippen LogP) is 7.06. The zero-order chi connectivity index (χ0) is 21.0. The van der Waals surface area contributed by atoms with Crippen molar-refractivity contribution in [3.63, 3.8) is 0 Å². The highest BCUT2D eigenvalue weighted by Gasteiger charge is 2.24. The number of carbonyl (C=O) groups is 1. The number of hydrogen-bond acceptors (Lipinski definition) is 6. The van der Waals surface area contributed by atoms with Gasteiger partial charge in [0.05, 0.1) is 12.0 Å². The van der Waals surface area contributed by atoms with Crippen LogP contribution < -0.4 is 14.8 Å². The van der Waals surface area contributed by atoms with Crippen LogP contribution in [0, 0.1) is 0 Å². The largest absolute Gasteiger partial charge is 0.457 e. The van der Waals surface area contributed by atoms with Crippen LogP contribution in [0.15, 0.2) is 96.0 Å². The number of amidine groups is 1. The molecular formula is C25H18N2O3S. The van der Waals surface area contributed by atoms with E-state index < -0.39 is 0 Å². The van der Waals surface area contributed by atoms with E-state index in [-0.39, 0.29) is 12.2 Å². The van der Waals surface area contributed by atoms with Gasteiger partial charge < -0.3 is 14.8 Å². The Bertz CT molecular complexity index is 1230. The maximum Gasteiger partial charge on any atom is 0.183 e.